The Morgan fingerprint density at radius 1 is 1.13 bits per heavy atom. The van der Waals surface area contributed by atoms with Gasteiger partial charge >= 0.3 is 0 Å². The number of benzene rings is 2. The minimum Gasteiger partial charge on any atom is -0.494 e. The highest BCUT2D eigenvalue weighted by molar-refractivity contribution is 7.94. The number of halogens is 1. The summed E-state index contributed by atoms with van der Waals surface area (Å²) in [5, 5.41) is 4.39. The Bertz CT molecular complexity index is 1120. The Kier molecular flexibility index (Phi) is 7.29. The second-order valence-electron chi connectivity index (χ2n) is 6.69. The summed E-state index contributed by atoms with van der Waals surface area (Å²) in [5.74, 6) is -0.558. The van der Waals surface area contributed by atoms with Crippen LogP contribution in [0.4, 0.5) is 10.1 Å². The monoisotopic (exact) mass is 462 g/mol. The van der Waals surface area contributed by atoms with Crippen LogP contribution in [0.2, 0.25) is 0 Å². The molecule has 1 aromatic heterocycles. The largest absolute Gasteiger partial charge is 0.494 e. The Hall–Kier alpha value is -2.91. The van der Waals surface area contributed by atoms with Crippen molar-refractivity contribution in [1.82, 2.24) is 5.32 Å². The maximum Gasteiger partial charge on any atom is 0.274 e. The van der Waals surface area contributed by atoms with Crippen molar-refractivity contribution >= 4 is 33.0 Å². The lowest BCUT2D eigenvalue weighted by Gasteiger charge is -2.24. The standard InChI is InChI=1S/C22H23FN2O4S2/c1-3-29-18-12-10-17(11-13-18)16(2)24-21(26)15-25(20-8-5-4-7-19(20)23)31(27,28)22-9-6-14-30-22/h4-14,16H,3,15H2,1-2H3,(H,24,26). The fraction of sp³-hybridized carbons (Fsp3) is 0.227. The SMILES string of the molecule is CCOc1ccc(C(C)NC(=O)CN(c2ccccc2F)S(=O)(=O)c2cccs2)cc1. The second kappa shape index (κ2) is 9.93. The molecule has 0 aliphatic rings. The van der Waals surface area contributed by atoms with E-state index in [0.717, 1.165) is 33.0 Å². The molecular formula is C22H23FN2O4S2. The summed E-state index contributed by atoms with van der Waals surface area (Å²) in [7, 11) is -4.11. The van der Waals surface area contributed by atoms with Crippen LogP contribution in [0.5, 0.6) is 5.75 Å². The van der Waals surface area contributed by atoms with E-state index in [4.69, 9.17) is 4.74 Å². The van der Waals surface area contributed by atoms with Crippen molar-refractivity contribution in [2.75, 3.05) is 17.5 Å². The van der Waals surface area contributed by atoms with E-state index in [2.05, 4.69) is 5.32 Å². The van der Waals surface area contributed by atoms with Gasteiger partial charge in [0.1, 0.15) is 22.3 Å². The highest BCUT2D eigenvalue weighted by Gasteiger charge is 2.30. The zero-order chi connectivity index (χ0) is 22.4. The summed E-state index contributed by atoms with van der Waals surface area (Å²) in [4.78, 5) is 12.7. The summed E-state index contributed by atoms with van der Waals surface area (Å²) < 4.78 is 46.9. The lowest BCUT2D eigenvalue weighted by atomic mass is 10.1. The average molecular weight is 463 g/mol. The highest BCUT2D eigenvalue weighted by Crippen LogP contribution is 2.28. The summed E-state index contributed by atoms with van der Waals surface area (Å²) in [6.07, 6.45) is 0. The number of amides is 1. The van der Waals surface area contributed by atoms with Crippen molar-refractivity contribution in [1.29, 1.82) is 0 Å². The van der Waals surface area contributed by atoms with Crippen LogP contribution in [0.25, 0.3) is 0 Å². The molecule has 2 aromatic carbocycles. The van der Waals surface area contributed by atoms with Gasteiger partial charge in [0.15, 0.2) is 0 Å². The van der Waals surface area contributed by atoms with Gasteiger partial charge in [0.2, 0.25) is 5.91 Å². The first-order chi connectivity index (χ1) is 14.8. The molecule has 0 radical (unpaired) electrons. The molecule has 1 amide bonds. The third kappa shape index (κ3) is 5.42. The third-order valence-corrected chi connectivity index (χ3v) is 7.65. The van der Waals surface area contributed by atoms with Crippen molar-refractivity contribution in [3.05, 3.63) is 77.4 Å². The van der Waals surface area contributed by atoms with E-state index in [1.54, 1.807) is 30.5 Å². The van der Waals surface area contributed by atoms with Crippen LogP contribution in [-0.2, 0) is 14.8 Å². The zero-order valence-electron chi connectivity index (χ0n) is 17.1. The molecule has 1 atom stereocenters. The van der Waals surface area contributed by atoms with Gasteiger partial charge in [-0.25, -0.2) is 12.8 Å². The van der Waals surface area contributed by atoms with E-state index in [-0.39, 0.29) is 15.9 Å². The van der Waals surface area contributed by atoms with E-state index in [1.165, 1.54) is 24.3 Å². The predicted molar refractivity (Wildman–Crippen MR) is 119 cm³/mol. The molecule has 0 saturated carbocycles. The summed E-state index contributed by atoms with van der Waals surface area (Å²) in [6, 6.07) is 15.4. The molecular weight excluding hydrogens is 439 g/mol. The average Bonchev–Trinajstić information content (AvgIpc) is 3.29. The fourth-order valence-electron chi connectivity index (χ4n) is 2.99. The minimum atomic E-state index is -4.11. The molecule has 0 aliphatic heterocycles. The van der Waals surface area contributed by atoms with E-state index >= 15 is 0 Å². The lowest BCUT2D eigenvalue weighted by Crippen LogP contribution is -2.41. The maximum atomic E-state index is 14.4. The number of para-hydroxylation sites is 1. The van der Waals surface area contributed by atoms with Crippen molar-refractivity contribution in [2.24, 2.45) is 0 Å². The molecule has 3 rings (SSSR count). The van der Waals surface area contributed by atoms with E-state index in [9.17, 15) is 17.6 Å². The normalized spacial score (nSPS) is 12.2. The quantitative estimate of drug-likeness (QED) is 0.513. The number of carbonyl (C=O) groups excluding carboxylic acids is 1. The number of ether oxygens (including phenoxy) is 1. The molecule has 1 unspecified atom stereocenters. The molecule has 0 aliphatic carbocycles. The highest BCUT2D eigenvalue weighted by atomic mass is 32.2. The molecule has 0 saturated heterocycles. The van der Waals surface area contributed by atoms with Crippen LogP contribution in [0.3, 0.4) is 0 Å². The number of hydrogen-bond acceptors (Lipinski definition) is 5. The second-order valence-corrected chi connectivity index (χ2v) is 9.72. The number of nitrogens with one attached hydrogen (secondary N) is 1. The molecule has 3 aromatic rings. The molecule has 1 N–H and O–H groups in total. The smallest absolute Gasteiger partial charge is 0.274 e. The Morgan fingerprint density at radius 2 is 1.84 bits per heavy atom. The van der Waals surface area contributed by atoms with Crippen molar-refractivity contribution in [2.45, 2.75) is 24.1 Å². The lowest BCUT2D eigenvalue weighted by molar-refractivity contribution is -0.120. The van der Waals surface area contributed by atoms with Crippen molar-refractivity contribution in [3.63, 3.8) is 0 Å². The first-order valence-corrected chi connectivity index (χ1v) is 12.0. The van der Waals surface area contributed by atoms with Gasteiger partial charge in [-0.3, -0.25) is 9.10 Å². The number of carbonyl (C=O) groups is 1. The number of anilines is 1. The Balaban J connectivity index is 1.81. The number of thiophene rings is 1. The van der Waals surface area contributed by atoms with Gasteiger partial charge in [0, 0.05) is 0 Å². The van der Waals surface area contributed by atoms with Crippen LogP contribution >= 0.6 is 11.3 Å². The fourth-order valence-corrected chi connectivity index (χ4v) is 5.53. The molecule has 0 bridgehead atoms. The van der Waals surface area contributed by atoms with E-state index in [0.29, 0.717) is 6.61 Å². The summed E-state index contributed by atoms with van der Waals surface area (Å²) in [6.45, 7) is 3.68. The molecule has 0 spiro atoms. The van der Waals surface area contributed by atoms with Gasteiger partial charge in [0.25, 0.3) is 10.0 Å². The van der Waals surface area contributed by atoms with Crippen molar-refractivity contribution < 1.29 is 22.3 Å². The Labute approximate surface area is 185 Å². The summed E-state index contributed by atoms with van der Waals surface area (Å²) in [5.41, 5.74) is 0.648. The molecule has 9 heteroatoms. The Morgan fingerprint density at radius 3 is 2.45 bits per heavy atom. The van der Waals surface area contributed by atoms with Crippen LogP contribution in [0.15, 0.2) is 70.3 Å². The molecule has 164 valence electrons. The maximum absolute atomic E-state index is 14.4. The molecule has 0 fully saturated rings. The van der Waals surface area contributed by atoms with Crippen LogP contribution in [0.1, 0.15) is 25.5 Å². The predicted octanol–water partition coefficient (Wildman–Crippen LogP) is 4.36. The third-order valence-electron chi connectivity index (χ3n) is 4.52. The number of nitrogens with zero attached hydrogens (tertiary/aromatic N) is 1. The van der Waals surface area contributed by atoms with Gasteiger partial charge in [-0.05, 0) is 55.1 Å². The van der Waals surface area contributed by atoms with Gasteiger partial charge in [-0.2, -0.15) is 0 Å². The zero-order valence-corrected chi connectivity index (χ0v) is 18.8. The van der Waals surface area contributed by atoms with Gasteiger partial charge in [0.05, 0.1) is 18.3 Å². The molecule has 1 heterocycles. The minimum absolute atomic E-state index is 0.0307. The van der Waals surface area contributed by atoms with Crippen molar-refractivity contribution in [3.8, 4) is 5.75 Å². The van der Waals surface area contributed by atoms with E-state index < -0.39 is 28.3 Å². The topological polar surface area (TPSA) is 75.7 Å². The van der Waals surface area contributed by atoms with Gasteiger partial charge in [-0.1, -0.05) is 30.3 Å². The van der Waals surface area contributed by atoms with E-state index in [1.807, 2.05) is 19.1 Å². The number of rotatable bonds is 9. The summed E-state index contributed by atoms with van der Waals surface area (Å²) >= 11 is 1.01. The van der Waals surface area contributed by atoms with Crippen LogP contribution < -0.4 is 14.4 Å². The van der Waals surface area contributed by atoms with Gasteiger partial charge in [-0.15, -0.1) is 11.3 Å². The van der Waals surface area contributed by atoms with Crippen LogP contribution in [0, 0.1) is 5.82 Å². The first-order valence-electron chi connectivity index (χ1n) is 9.66. The molecule has 6 nitrogen and oxygen atoms in total. The van der Waals surface area contributed by atoms with Gasteiger partial charge < -0.3 is 10.1 Å². The number of sulfonamides is 1. The first kappa shape index (κ1) is 22.8. The molecule has 31 heavy (non-hydrogen) atoms. The van der Waals surface area contributed by atoms with Crippen LogP contribution in [-0.4, -0.2) is 27.5 Å². The number of hydrogen-bond donors (Lipinski definition) is 1.